The Morgan fingerprint density at radius 3 is 2.54 bits per heavy atom. The SMILES string of the molecule is Cc1cc(NS(=O)(=O)c2c(C)n[nH]c2C)ccc1N1CCCC1=O. The molecule has 3 rings (SSSR count). The third-order valence-electron chi connectivity index (χ3n) is 4.14. The van der Waals surface area contributed by atoms with E-state index >= 15 is 0 Å². The highest BCUT2D eigenvalue weighted by Crippen LogP contribution is 2.29. The topological polar surface area (TPSA) is 95.2 Å². The second-order valence-corrected chi connectivity index (χ2v) is 7.64. The van der Waals surface area contributed by atoms with Gasteiger partial charge in [-0.2, -0.15) is 5.10 Å². The summed E-state index contributed by atoms with van der Waals surface area (Å²) in [6, 6.07) is 5.20. The van der Waals surface area contributed by atoms with Crippen LogP contribution in [0, 0.1) is 20.8 Å². The smallest absolute Gasteiger partial charge is 0.265 e. The van der Waals surface area contributed by atoms with Crippen LogP contribution < -0.4 is 9.62 Å². The molecule has 0 atom stereocenters. The molecule has 24 heavy (non-hydrogen) atoms. The number of sulfonamides is 1. The molecule has 1 fully saturated rings. The van der Waals surface area contributed by atoms with E-state index in [-0.39, 0.29) is 10.8 Å². The lowest BCUT2D eigenvalue weighted by Crippen LogP contribution is -2.24. The summed E-state index contributed by atoms with van der Waals surface area (Å²) < 4.78 is 27.7. The summed E-state index contributed by atoms with van der Waals surface area (Å²) in [5.41, 5.74) is 3.07. The van der Waals surface area contributed by atoms with Gasteiger partial charge in [-0.3, -0.25) is 14.6 Å². The van der Waals surface area contributed by atoms with Crippen molar-refractivity contribution in [2.45, 2.75) is 38.5 Å². The largest absolute Gasteiger partial charge is 0.312 e. The van der Waals surface area contributed by atoms with E-state index in [1.165, 1.54) is 0 Å². The van der Waals surface area contributed by atoms with Gasteiger partial charge in [0, 0.05) is 24.3 Å². The number of aromatic amines is 1. The zero-order chi connectivity index (χ0) is 17.5. The number of hydrogen-bond acceptors (Lipinski definition) is 4. The van der Waals surface area contributed by atoms with E-state index in [9.17, 15) is 13.2 Å². The summed E-state index contributed by atoms with van der Waals surface area (Å²) in [7, 11) is -3.72. The minimum atomic E-state index is -3.72. The molecule has 1 saturated heterocycles. The van der Waals surface area contributed by atoms with Crippen LogP contribution in [0.2, 0.25) is 0 Å². The molecule has 0 spiro atoms. The second kappa shape index (κ2) is 5.94. The first-order valence-corrected chi connectivity index (χ1v) is 9.23. The van der Waals surface area contributed by atoms with E-state index < -0.39 is 10.0 Å². The Bertz CT molecular complexity index is 883. The molecule has 128 valence electrons. The zero-order valence-electron chi connectivity index (χ0n) is 13.9. The number of nitrogens with one attached hydrogen (secondary N) is 2. The Balaban J connectivity index is 1.89. The summed E-state index contributed by atoms with van der Waals surface area (Å²) in [6.45, 7) is 5.89. The van der Waals surface area contributed by atoms with E-state index in [0.717, 1.165) is 17.7 Å². The third kappa shape index (κ3) is 2.89. The Kier molecular flexibility index (Phi) is 4.08. The molecule has 0 saturated carbocycles. The van der Waals surface area contributed by atoms with Gasteiger partial charge in [0.2, 0.25) is 5.91 Å². The van der Waals surface area contributed by atoms with Crippen LogP contribution in [-0.4, -0.2) is 31.1 Å². The van der Waals surface area contributed by atoms with Gasteiger partial charge < -0.3 is 4.90 Å². The van der Waals surface area contributed by atoms with Crippen LogP contribution in [0.1, 0.15) is 29.8 Å². The van der Waals surface area contributed by atoms with Crippen LogP contribution in [0.4, 0.5) is 11.4 Å². The zero-order valence-corrected chi connectivity index (χ0v) is 14.7. The first kappa shape index (κ1) is 16.5. The number of aromatic nitrogens is 2. The number of benzene rings is 1. The van der Waals surface area contributed by atoms with Gasteiger partial charge in [-0.05, 0) is 51.0 Å². The molecule has 0 radical (unpaired) electrons. The van der Waals surface area contributed by atoms with Crippen molar-refractivity contribution in [1.82, 2.24) is 10.2 Å². The van der Waals surface area contributed by atoms with Gasteiger partial charge >= 0.3 is 0 Å². The molecule has 0 aliphatic carbocycles. The maximum absolute atomic E-state index is 12.6. The normalized spacial score (nSPS) is 15.1. The highest BCUT2D eigenvalue weighted by Gasteiger charge is 2.25. The van der Waals surface area contributed by atoms with Crippen LogP contribution in [0.3, 0.4) is 0 Å². The Morgan fingerprint density at radius 2 is 2.00 bits per heavy atom. The van der Waals surface area contributed by atoms with Gasteiger partial charge in [-0.25, -0.2) is 8.42 Å². The van der Waals surface area contributed by atoms with Gasteiger partial charge in [0.15, 0.2) is 0 Å². The lowest BCUT2D eigenvalue weighted by atomic mass is 10.1. The molecule has 1 aliphatic heterocycles. The minimum absolute atomic E-state index is 0.107. The van der Waals surface area contributed by atoms with E-state index in [0.29, 0.717) is 30.0 Å². The molecular weight excluding hydrogens is 328 g/mol. The third-order valence-corrected chi connectivity index (χ3v) is 5.79. The fraction of sp³-hybridized carbons (Fsp3) is 0.375. The van der Waals surface area contributed by atoms with Crippen molar-refractivity contribution in [3.63, 3.8) is 0 Å². The highest BCUT2D eigenvalue weighted by atomic mass is 32.2. The molecule has 1 amide bonds. The summed E-state index contributed by atoms with van der Waals surface area (Å²) in [5, 5.41) is 6.61. The Labute approximate surface area is 141 Å². The van der Waals surface area contributed by atoms with Crippen molar-refractivity contribution in [3.05, 3.63) is 35.2 Å². The van der Waals surface area contributed by atoms with E-state index in [2.05, 4.69) is 14.9 Å². The fourth-order valence-electron chi connectivity index (χ4n) is 3.07. The number of carbonyl (C=O) groups is 1. The van der Waals surface area contributed by atoms with Crippen molar-refractivity contribution in [2.24, 2.45) is 0 Å². The number of carbonyl (C=O) groups excluding carboxylic acids is 1. The molecule has 1 aromatic carbocycles. The average Bonchev–Trinajstić information content (AvgIpc) is 3.05. The summed E-state index contributed by atoms with van der Waals surface area (Å²) in [6.07, 6.45) is 1.42. The van der Waals surface area contributed by atoms with Crippen LogP contribution >= 0.6 is 0 Å². The molecule has 8 heteroatoms. The van der Waals surface area contributed by atoms with Crippen LogP contribution in [0.25, 0.3) is 0 Å². The Hall–Kier alpha value is -2.35. The minimum Gasteiger partial charge on any atom is -0.312 e. The van der Waals surface area contributed by atoms with Gasteiger partial charge in [0.05, 0.1) is 11.4 Å². The predicted octanol–water partition coefficient (Wildman–Crippen LogP) is 2.26. The summed E-state index contributed by atoms with van der Waals surface area (Å²) in [4.78, 5) is 13.8. The monoisotopic (exact) mass is 348 g/mol. The lowest BCUT2D eigenvalue weighted by molar-refractivity contribution is -0.117. The number of hydrogen-bond donors (Lipinski definition) is 2. The number of rotatable bonds is 4. The number of amides is 1. The molecular formula is C16H20N4O3S. The molecule has 2 heterocycles. The van der Waals surface area contributed by atoms with Crippen molar-refractivity contribution in [2.75, 3.05) is 16.2 Å². The van der Waals surface area contributed by atoms with Crippen LogP contribution in [0.5, 0.6) is 0 Å². The molecule has 2 N–H and O–H groups in total. The van der Waals surface area contributed by atoms with Gasteiger partial charge in [-0.15, -0.1) is 0 Å². The first-order valence-electron chi connectivity index (χ1n) is 7.75. The van der Waals surface area contributed by atoms with E-state index in [4.69, 9.17) is 0 Å². The van der Waals surface area contributed by atoms with Crippen LogP contribution in [0.15, 0.2) is 23.1 Å². The number of aryl methyl sites for hydroxylation is 3. The summed E-state index contributed by atoms with van der Waals surface area (Å²) >= 11 is 0. The van der Waals surface area contributed by atoms with E-state index in [1.54, 1.807) is 36.9 Å². The second-order valence-electron chi connectivity index (χ2n) is 6.02. The van der Waals surface area contributed by atoms with Crippen molar-refractivity contribution in [1.29, 1.82) is 0 Å². The highest BCUT2D eigenvalue weighted by molar-refractivity contribution is 7.92. The lowest BCUT2D eigenvalue weighted by Gasteiger charge is -2.19. The molecule has 0 bridgehead atoms. The van der Waals surface area contributed by atoms with E-state index in [1.807, 2.05) is 6.92 Å². The summed E-state index contributed by atoms with van der Waals surface area (Å²) in [5.74, 6) is 0.107. The van der Waals surface area contributed by atoms with Gasteiger partial charge in [0.1, 0.15) is 4.90 Å². The Morgan fingerprint density at radius 1 is 1.25 bits per heavy atom. The molecule has 7 nitrogen and oxygen atoms in total. The average molecular weight is 348 g/mol. The standard InChI is InChI=1S/C16H20N4O3S/c1-10-9-13(6-7-14(10)20-8-4-5-15(20)21)19-24(22,23)16-11(2)17-18-12(16)3/h6-7,9,19H,4-5,8H2,1-3H3,(H,17,18). The van der Waals surface area contributed by atoms with Crippen molar-refractivity contribution < 1.29 is 13.2 Å². The molecule has 0 unspecified atom stereocenters. The van der Waals surface area contributed by atoms with Crippen LogP contribution in [-0.2, 0) is 14.8 Å². The maximum Gasteiger partial charge on any atom is 0.265 e. The molecule has 1 aromatic heterocycles. The number of nitrogens with zero attached hydrogens (tertiary/aromatic N) is 2. The predicted molar refractivity (Wildman–Crippen MR) is 91.6 cm³/mol. The van der Waals surface area contributed by atoms with Gasteiger partial charge in [0.25, 0.3) is 10.0 Å². The van der Waals surface area contributed by atoms with Crippen molar-refractivity contribution >= 4 is 27.3 Å². The maximum atomic E-state index is 12.6. The quantitative estimate of drug-likeness (QED) is 0.886. The number of H-pyrrole nitrogens is 1. The molecule has 2 aromatic rings. The first-order chi connectivity index (χ1) is 11.3. The fourth-order valence-corrected chi connectivity index (χ4v) is 4.49. The van der Waals surface area contributed by atoms with Crippen molar-refractivity contribution in [3.8, 4) is 0 Å². The molecule has 1 aliphatic rings. The number of anilines is 2. The van der Waals surface area contributed by atoms with Gasteiger partial charge in [-0.1, -0.05) is 0 Å².